The number of nitrogens with one attached hydrogen (secondary N) is 1. The highest BCUT2D eigenvalue weighted by Crippen LogP contribution is 2.17. The molecule has 0 spiro atoms. The van der Waals surface area contributed by atoms with Crippen molar-refractivity contribution in [1.82, 2.24) is 10.3 Å². The summed E-state index contributed by atoms with van der Waals surface area (Å²) in [6, 6.07) is 14.6. The van der Waals surface area contributed by atoms with E-state index in [2.05, 4.69) is 46.7 Å². The van der Waals surface area contributed by atoms with Crippen molar-refractivity contribution < 1.29 is 0 Å². The minimum Gasteiger partial charge on any atom is -0.308 e. The highest BCUT2D eigenvalue weighted by atomic mass is 32.2. The van der Waals surface area contributed by atoms with Crippen LogP contribution in [0.2, 0.25) is 0 Å². The number of aromatic nitrogens is 1. The van der Waals surface area contributed by atoms with Crippen LogP contribution < -0.4 is 5.32 Å². The molecule has 0 amide bonds. The van der Waals surface area contributed by atoms with Gasteiger partial charge in [-0.3, -0.25) is 4.98 Å². The largest absolute Gasteiger partial charge is 0.308 e. The Kier molecular flexibility index (Phi) is 6.85. The van der Waals surface area contributed by atoms with Crippen molar-refractivity contribution in [3.63, 3.8) is 0 Å². The average molecular weight is 290 g/mol. The maximum absolute atomic E-state index is 4.01. The maximum Gasteiger partial charge on any atom is 0.0465 e. The van der Waals surface area contributed by atoms with Crippen molar-refractivity contribution in [3.05, 3.63) is 54.9 Å². The van der Waals surface area contributed by atoms with E-state index in [1.54, 1.807) is 0 Å². The van der Waals surface area contributed by atoms with E-state index in [1.165, 1.54) is 16.2 Å². The van der Waals surface area contributed by atoms with E-state index in [0.717, 1.165) is 18.2 Å². The van der Waals surface area contributed by atoms with E-state index in [-0.39, 0.29) is 0 Å². The third kappa shape index (κ3) is 6.14. The van der Waals surface area contributed by atoms with Crippen LogP contribution in [-0.2, 0) is 0 Å². The summed E-state index contributed by atoms with van der Waals surface area (Å²) in [7, 11) is 0. The van der Waals surface area contributed by atoms with Gasteiger partial charge in [-0.25, -0.2) is 0 Å². The van der Waals surface area contributed by atoms with Crippen molar-refractivity contribution in [3.8, 4) is 0 Å². The van der Waals surface area contributed by atoms with Gasteiger partial charge in [-0.15, -0.1) is 23.5 Å². The number of hydrogen-bond acceptors (Lipinski definition) is 4. The molecule has 0 unspecified atom stereocenters. The molecular weight excluding hydrogens is 272 g/mol. The van der Waals surface area contributed by atoms with Gasteiger partial charge in [0, 0.05) is 28.1 Å². The SMILES string of the molecule is c1ccc(SCNCCCSc2ccncc2)cc1. The topological polar surface area (TPSA) is 24.9 Å². The van der Waals surface area contributed by atoms with Gasteiger partial charge in [0.2, 0.25) is 0 Å². The second kappa shape index (κ2) is 9.02. The monoisotopic (exact) mass is 290 g/mol. The fourth-order valence-corrected chi connectivity index (χ4v) is 3.15. The van der Waals surface area contributed by atoms with Crippen LogP contribution in [0.4, 0.5) is 0 Å². The van der Waals surface area contributed by atoms with Gasteiger partial charge in [0.05, 0.1) is 0 Å². The van der Waals surface area contributed by atoms with Crippen molar-refractivity contribution in [2.75, 3.05) is 18.2 Å². The Balaban J connectivity index is 1.49. The van der Waals surface area contributed by atoms with Crippen LogP contribution in [0.3, 0.4) is 0 Å². The van der Waals surface area contributed by atoms with Crippen LogP contribution in [0.1, 0.15) is 6.42 Å². The Morgan fingerprint density at radius 1 is 0.895 bits per heavy atom. The number of nitrogens with zero attached hydrogens (tertiary/aromatic N) is 1. The van der Waals surface area contributed by atoms with Gasteiger partial charge in [0.15, 0.2) is 0 Å². The van der Waals surface area contributed by atoms with Crippen LogP contribution in [0.25, 0.3) is 0 Å². The first-order valence-corrected chi connectivity index (χ1v) is 8.34. The minimum absolute atomic E-state index is 0.976. The molecule has 0 atom stereocenters. The van der Waals surface area contributed by atoms with Crippen LogP contribution in [-0.4, -0.2) is 23.2 Å². The minimum atomic E-state index is 0.976. The molecule has 0 aliphatic carbocycles. The van der Waals surface area contributed by atoms with E-state index in [0.29, 0.717) is 0 Å². The Morgan fingerprint density at radius 2 is 1.63 bits per heavy atom. The first-order chi connectivity index (χ1) is 9.45. The molecule has 2 nitrogen and oxygen atoms in total. The smallest absolute Gasteiger partial charge is 0.0465 e. The predicted octanol–water partition coefficient (Wildman–Crippen LogP) is 3.90. The lowest BCUT2D eigenvalue weighted by Gasteiger charge is -2.04. The lowest BCUT2D eigenvalue weighted by molar-refractivity contribution is 0.761. The second-order valence-corrected chi connectivity index (χ2v) is 6.20. The van der Waals surface area contributed by atoms with E-state index in [4.69, 9.17) is 0 Å². The highest BCUT2D eigenvalue weighted by molar-refractivity contribution is 7.99. The third-order valence-corrected chi connectivity index (χ3v) is 4.55. The quantitative estimate of drug-likeness (QED) is 0.453. The van der Waals surface area contributed by atoms with Gasteiger partial charge in [-0.2, -0.15) is 0 Å². The Hall–Kier alpha value is -0.970. The molecule has 1 heterocycles. The molecule has 0 saturated heterocycles. The fourth-order valence-electron chi connectivity index (χ4n) is 1.54. The summed E-state index contributed by atoms with van der Waals surface area (Å²) in [4.78, 5) is 6.63. The Bertz CT molecular complexity index is 405. The van der Waals surface area contributed by atoms with E-state index in [9.17, 15) is 0 Å². The maximum atomic E-state index is 4.01. The summed E-state index contributed by atoms with van der Waals surface area (Å²) in [5, 5.41) is 3.46. The molecule has 0 radical (unpaired) electrons. The summed E-state index contributed by atoms with van der Waals surface area (Å²) in [5.74, 6) is 2.12. The number of hydrogen-bond donors (Lipinski definition) is 1. The number of thioether (sulfide) groups is 2. The van der Waals surface area contributed by atoms with Gasteiger partial charge >= 0.3 is 0 Å². The van der Waals surface area contributed by atoms with Gasteiger partial charge in [-0.1, -0.05) is 18.2 Å². The lowest BCUT2D eigenvalue weighted by atomic mass is 10.4. The molecule has 0 aliphatic heterocycles. The molecule has 4 heteroatoms. The molecule has 2 rings (SSSR count). The van der Waals surface area contributed by atoms with Gasteiger partial charge in [-0.05, 0) is 43.0 Å². The number of rotatable bonds is 8. The predicted molar refractivity (Wildman–Crippen MR) is 84.7 cm³/mol. The summed E-state index contributed by atoms with van der Waals surface area (Å²) in [6.45, 7) is 1.07. The lowest BCUT2D eigenvalue weighted by Crippen LogP contribution is -2.14. The highest BCUT2D eigenvalue weighted by Gasteiger charge is 1.94. The Morgan fingerprint density at radius 3 is 2.42 bits per heavy atom. The van der Waals surface area contributed by atoms with Crippen molar-refractivity contribution in [2.24, 2.45) is 0 Å². The van der Waals surface area contributed by atoms with Crippen molar-refractivity contribution in [1.29, 1.82) is 0 Å². The second-order valence-electron chi connectivity index (χ2n) is 3.99. The van der Waals surface area contributed by atoms with Crippen LogP contribution >= 0.6 is 23.5 Å². The Labute approximate surface area is 123 Å². The summed E-state index contributed by atoms with van der Waals surface area (Å²) in [5.41, 5.74) is 0. The molecule has 1 N–H and O–H groups in total. The zero-order valence-corrected chi connectivity index (χ0v) is 12.4. The van der Waals surface area contributed by atoms with Gasteiger partial charge in [0.1, 0.15) is 0 Å². The molecule has 1 aromatic carbocycles. The summed E-state index contributed by atoms with van der Waals surface area (Å²) >= 11 is 3.74. The molecule has 0 bridgehead atoms. The van der Waals surface area contributed by atoms with E-state index >= 15 is 0 Å². The normalized spacial score (nSPS) is 10.5. The van der Waals surface area contributed by atoms with Crippen LogP contribution in [0, 0.1) is 0 Å². The van der Waals surface area contributed by atoms with E-state index < -0.39 is 0 Å². The van der Waals surface area contributed by atoms with Crippen LogP contribution in [0.15, 0.2) is 64.6 Å². The standard InChI is InChI=1S/C15H18N2S2/c1-2-5-14(6-3-1)19-13-17-9-4-12-18-15-7-10-16-11-8-15/h1-3,5-8,10-11,17H,4,9,12-13H2. The molecule has 1 aromatic heterocycles. The first kappa shape index (κ1) is 14.4. The first-order valence-electron chi connectivity index (χ1n) is 6.36. The van der Waals surface area contributed by atoms with E-state index in [1.807, 2.05) is 42.0 Å². The molecule has 0 aliphatic rings. The fraction of sp³-hybridized carbons (Fsp3) is 0.267. The zero-order chi connectivity index (χ0) is 13.2. The molecule has 0 saturated carbocycles. The van der Waals surface area contributed by atoms with Crippen molar-refractivity contribution >= 4 is 23.5 Å². The van der Waals surface area contributed by atoms with Gasteiger partial charge in [0.25, 0.3) is 0 Å². The summed E-state index contributed by atoms with van der Waals surface area (Å²) < 4.78 is 0. The average Bonchev–Trinajstić information content (AvgIpc) is 2.48. The number of benzene rings is 1. The molecule has 19 heavy (non-hydrogen) atoms. The molecule has 100 valence electrons. The van der Waals surface area contributed by atoms with Gasteiger partial charge < -0.3 is 5.32 Å². The van der Waals surface area contributed by atoms with Crippen molar-refractivity contribution in [2.45, 2.75) is 16.2 Å². The summed E-state index contributed by atoms with van der Waals surface area (Å²) in [6.07, 6.45) is 4.87. The number of pyridine rings is 1. The molecule has 2 aromatic rings. The van der Waals surface area contributed by atoms with Crippen LogP contribution in [0.5, 0.6) is 0 Å². The molecule has 0 fully saturated rings. The zero-order valence-electron chi connectivity index (χ0n) is 10.8. The molecular formula is C15H18N2S2. The third-order valence-electron chi connectivity index (χ3n) is 2.50.